The summed E-state index contributed by atoms with van der Waals surface area (Å²) in [5, 5.41) is 7.69. The molecule has 2 atom stereocenters. The Balaban J connectivity index is 0.00000208. The number of nitrogens with zero attached hydrogens (tertiary/aromatic N) is 3. The number of benzene rings is 1. The minimum absolute atomic E-state index is 0. The number of halogens is 2. The van der Waals surface area contributed by atoms with Crippen molar-refractivity contribution in [2.75, 3.05) is 46.3 Å². The summed E-state index contributed by atoms with van der Waals surface area (Å²) in [5.74, 6) is 0.829. The third-order valence-corrected chi connectivity index (χ3v) is 5.19. The Kier molecular flexibility index (Phi) is 7.59. The summed E-state index contributed by atoms with van der Waals surface area (Å²) in [6, 6.07) is 8.62. The normalized spacial score (nSPS) is 27.3. The smallest absolute Gasteiger partial charge is 0.191 e. The summed E-state index contributed by atoms with van der Waals surface area (Å²) in [5.41, 5.74) is 1.09. The average molecular weight is 464 g/mol. The van der Waals surface area contributed by atoms with Gasteiger partial charge in [0.05, 0.1) is 6.04 Å². The molecule has 0 saturated carbocycles. The van der Waals surface area contributed by atoms with Crippen molar-refractivity contribution < 1.29 is 0 Å². The number of hydrogen-bond donors (Lipinski definition) is 2. The summed E-state index contributed by atoms with van der Waals surface area (Å²) < 4.78 is 0. The lowest BCUT2D eigenvalue weighted by atomic mass is 10.1. The molecule has 24 heavy (non-hydrogen) atoms. The van der Waals surface area contributed by atoms with Crippen molar-refractivity contribution in [3.8, 4) is 0 Å². The fourth-order valence-corrected chi connectivity index (χ4v) is 3.74. The lowest BCUT2D eigenvalue weighted by molar-refractivity contribution is 0.0154. The van der Waals surface area contributed by atoms with Gasteiger partial charge < -0.3 is 10.6 Å². The maximum Gasteiger partial charge on any atom is 0.191 e. The Hall–Kier alpha value is -0.570. The first-order chi connectivity index (χ1) is 11.2. The summed E-state index contributed by atoms with van der Waals surface area (Å²) >= 11 is 6.27. The summed E-state index contributed by atoms with van der Waals surface area (Å²) in [4.78, 5) is 9.48. The highest BCUT2D eigenvalue weighted by molar-refractivity contribution is 14.0. The highest BCUT2D eigenvalue weighted by atomic mass is 127. The van der Waals surface area contributed by atoms with E-state index in [1.807, 2.05) is 31.3 Å². The molecule has 3 aliphatic rings. The van der Waals surface area contributed by atoms with E-state index in [2.05, 4.69) is 32.3 Å². The first-order valence-electron chi connectivity index (χ1n) is 8.35. The molecule has 3 fully saturated rings. The monoisotopic (exact) mass is 463 g/mol. The van der Waals surface area contributed by atoms with E-state index >= 15 is 0 Å². The Bertz CT molecular complexity index is 560. The van der Waals surface area contributed by atoms with Gasteiger partial charge in [0, 0.05) is 57.4 Å². The molecule has 2 unspecified atom stereocenters. The van der Waals surface area contributed by atoms with Crippen LogP contribution in [0.2, 0.25) is 5.02 Å². The Labute approximate surface area is 166 Å². The number of rotatable bonds is 4. The third kappa shape index (κ3) is 4.74. The second-order valence-electron chi connectivity index (χ2n) is 6.33. The predicted octanol–water partition coefficient (Wildman–Crippen LogP) is 2.18. The molecule has 0 amide bonds. The van der Waals surface area contributed by atoms with E-state index in [9.17, 15) is 0 Å². The van der Waals surface area contributed by atoms with Gasteiger partial charge >= 0.3 is 0 Å². The molecule has 0 radical (unpaired) electrons. The fraction of sp³-hybridized carbons (Fsp3) is 0.588. The zero-order valence-electron chi connectivity index (χ0n) is 14.3. The molecule has 3 aliphatic heterocycles. The Morgan fingerprint density at radius 2 is 2.00 bits per heavy atom. The molecule has 0 spiro atoms. The van der Waals surface area contributed by atoms with E-state index in [0.29, 0.717) is 6.04 Å². The van der Waals surface area contributed by atoms with Gasteiger partial charge in [-0.25, -0.2) is 0 Å². The van der Waals surface area contributed by atoms with Crippen molar-refractivity contribution in [1.29, 1.82) is 0 Å². The summed E-state index contributed by atoms with van der Waals surface area (Å²) in [6.45, 7) is 8.99. The zero-order chi connectivity index (χ0) is 16.2. The molecule has 5 nitrogen and oxygen atoms in total. The molecule has 3 heterocycles. The van der Waals surface area contributed by atoms with Gasteiger partial charge in [0.1, 0.15) is 0 Å². The topological polar surface area (TPSA) is 42.9 Å². The first-order valence-corrected chi connectivity index (χ1v) is 8.73. The molecule has 134 valence electrons. The summed E-state index contributed by atoms with van der Waals surface area (Å²) in [6.07, 6.45) is 0. The van der Waals surface area contributed by atoms with Gasteiger partial charge in [0.2, 0.25) is 0 Å². The molecule has 1 aromatic rings. The van der Waals surface area contributed by atoms with E-state index in [1.54, 1.807) is 0 Å². The third-order valence-electron chi connectivity index (χ3n) is 4.85. The maximum atomic E-state index is 6.27. The van der Waals surface area contributed by atoms with Gasteiger partial charge in [0.15, 0.2) is 5.96 Å². The van der Waals surface area contributed by atoms with Gasteiger partial charge in [-0.05, 0) is 18.6 Å². The quantitative estimate of drug-likeness (QED) is 0.408. The van der Waals surface area contributed by atoms with E-state index in [-0.39, 0.29) is 30.0 Å². The van der Waals surface area contributed by atoms with Crippen LogP contribution in [0.5, 0.6) is 0 Å². The molecule has 2 bridgehead atoms. The zero-order valence-corrected chi connectivity index (χ0v) is 17.4. The number of aliphatic imine (C=N–C) groups is 1. The number of guanidine groups is 1. The molecule has 0 aliphatic carbocycles. The van der Waals surface area contributed by atoms with Crippen molar-refractivity contribution in [2.45, 2.75) is 19.0 Å². The van der Waals surface area contributed by atoms with E-state index < -0.39 is 0 Å². The van der Waals surface area contributed by atoms with Gasteiger partial charge in [-0.2, -0.15) is 0 Å². The second kappa shape index (κ2) is 9.22. The first kappa shape index (κ1) is 19.8. The lowest BCUT2D eigenvalue weighted by Crippen LogP contribution is -2.63. The van der Waals surface area contributed by atoms with Crippen LogP contribution in [0.3, 0.4) is 0 Å². The van der Waals surface area contributed by atoms with Crippen molar-refractivity contribution >= 4 is 41.5 Å². The maximum absolute atomic E-state index is 6.27. The van der Waals surface area contributed by atoms with Gasteiger partial charge in [0.25, 0.3) is 0 Å². The van der Waals surface area contributed by atoms with E-state index in [4.69, 9.17) is 11.6 Å². The molecule has 7 heteroatoms. The number of piperazine rings is 3. The highest BCUT2D eigenvalue weighted by Crippen LogP contribution is 2.22. The fourth-order valence-electron chi connectivity index (χ4n) is 3.44. The van der Waals surface area contributed by atoms with Gasteiger partial charge in [-0.3, -0.25) is 14.8 Å². The van der Waals surface area contributed by atoms with Crippen LogP contribution in [0.25, 0.3) is 0 Å². The van der Waals surface area contributed by atoms with Gasteiger partial charge in [-0.15, -0.1) is 24.0 Å². The minimum atomic E-state index is 0. The number of fused-ring (bicyclic) bond motifs is 3. The molecule has 4 rings (SSSR count). The molecular formula is C17H27ClIN5. The van der Waals surface area contributed by atoms with Crippen LogP contribution in [0.15, 0.2) is 29.3 Å². The highest BCUT2D eigenvalue weighted by Gasteiger charge is 2.31. The Morgan fingerprint density at radius 3 is 2.58 bits per heavy atom. The van der Waals surface area contributed by atoms with Crippen LogP contribution < -0.4 is 10.6 Å². The van der Waals surface area contributed by atoms with Crippen LogP contribution in [0.4, 0.5) is 0 Å². The molecule has 0 aromatic heterocycles. The van der Waals surface area contributed by atoms with Crippen LogP contribution in [0, 0.1) is 0 Å². The minimum Gasteiger partial charge on any atom is -0.355 e. The SMILES string of the molecule is CN=C(NCC1CN2CCN1CC2)NC(C)c1ccccc1Cl.I. The van der Waals surface area contributed by atoms with E-state index in [1.165, 1.54) is 26.2 Å². The van der Waals surface area contributed by atoms with Crippen molar-refractivity contribution in [1.82, 2.24) is 20.4 Å². The van der Waals surface area contributed by atoms with Crippen molar-refractivity contribution in [2.24, 2.45) is 4.99 Å². The summed E-state index contributed by atoms with van der Waals surface area (Å²) in [7, 11) is 1.81. The average Bonchev–Trinajstić information content (AvgIpc) is 2.59. The lowest BCUT2D eigenvalue weighted by Gasteiger charge is -2.47. The molecule has 1 aromatic carbocycles. The largest absolute Gasteiger partial charge is 0.355 e. The predicted molar refractivity (Wildman–Crippen MR) is 112 cm³/mol. The number of nitrogens with one attached hydrogen (secondary N) is 2. The Morgan fingerprint density at radius 1 is 1.29 bits per heavy atom. The van der Waals surface area contributed by atoms with E-state index in [0.717, 1.165) is 29.6 Å². The van der Waals surface area contributed by atoms with Crippen molar-refractivity contribution in [3.05, 3.63) is 34.9 Å². The van der Waals surface area contributed by atoms with Crippen LogP contribution in [-0.4, -0.2) is 68.1 Å². The standard InChI is InChI=1S/C17H26ClN5.HI/c1-13(15-5-3-4-6-16(15)18)21-17(19-2)20-11-14-12-22-7-9-23(14)10-8-22;/h3-6,13-14H,7-12H2,1-2H3,(H2,19,20,21);1H. The van der Waals surface area contributed by atoms with Crippen LogP contribution in [-0.2, 0) is 0 Å². The van der Waals surface area contributed by atoms with Crippen molar-refractivity contribution in [3.63, 3.8) is 0 Å². The molecular weight excluding hydrogens is 437 g/mol. The molecule has 2 N–H and O–H groups in total. The van der Waals surface area contributed by atoms with Gasteiger partial charge in [-0.1, -0.05) is 29.8 Å². The molecule has 3 saturated heterocycles. The number of hydrogen-bond acceptors (Lipinski definition) is 3. The van der Waals surface area contributed by atoms with Crippen LogP contribution >= 0.6 is 35.6 Å². The second-order valence-corrected chi connectivity index (χ2v) is 6.74. The van der Waals surface area contributed by atoms with Crippen LogP contribution in [0.1, 0.15) is 18.5 Å².